The van der Waals surface area contributed by atoms with Crippen LogP contribution < -0.4 is 9.64 Å². The molecule has 2 bridgehead atoms. The van der Waals surface area contributed by atoms with E-state index < -0.39 is 5.97 Å². The van der Waals surface area contributed by atoms with Crippen LogP contribution in [0.4, 0.5) is 5.69 Å². The molecular formula is C23H21NO4. The number of fused-ring (bicyclic) bond motifs is 5. The molecule has 2 amide bonds. The minimum Gasteiger partial charge on any atom is -0.423 e. The number of nitrogens with zero attached hydrogens (tertiary/aromatic N) is 1. The zero-order valence-electron chi connectivity index (χ0n) is 15.6. The Hall–Kier alpha value is -2.95. The second-order valence-electron chi connectivity index (χ2n) is 8.15. The Morgan fingerprint density at radius 1 is 0.893 bits per heavy atom. The molecule has 142 valence electrons. The smallest absolute Gasteiger partial charge is 0.343 e. The lowest BCUT2D eigenvalue weighted by Gasteiger charge is -2.19. The van der Waals surface area contributed by atoms with Gasteiger partial charge in [0.15, 0.2) is 0 Å². The van der Waals surface area contributed by atoms with Crippen LogP contribution in [0.25, 0.3) is 0 Å². The fourth-order valence-electron chi connectivity index (χ4n) is 5.18. The van der Waals surface area contributed by atoms with Gasteiger partial charge in [-0.1, -0.05) is 17.7 Å². The van der Waals surface area contributed by atoms with E-state index in [-0.39, 0.29) is 23.7 Å². The Bertz CT molecular complexity index is 935. The molecule has 5 heteroatoms. The third kappa shape index (κ3) is 2.57. The zero-order chi connectivity index (χ0) is 19.4. The standard InChI is InChI=1S/C23H21NO4/c1-13-2-10-18(11-3-13)28-23(27)14-6-8-17(9-7-14)24-21(25)19-15-4-5-16(12-15)20(19)22(24)26/h2-3,6-11,15-16,19-20H,4-5,12H2,1H3/t15-,16-,19-,20-/m0/s1. The van der Waals surface area contributed by atoms with Gasteiger partial charge in [0.2, 0.25) is 11.8 Å². The summed E-state index contributed by atoms with van der Waals surface area (Å²) in [5.74, 6) is 0.307. The summed E-state index contributed by atoms with van der Waals surface area (Å²) in [5.41, 5.74) is 2.00. The molecule has 5 nitrogen and oxygen atoms in total. The Morgan fingerprint density at radius 2 is 1.46 bits per heavy atom. The number of benzene rings is 2. The SMILES string of the molecule is Cc1ccc(OC(=O)c2ccc(N3C(=O)[C@H]4[C@H]5CC[C@@H](C5)[C@@H]4C3=O)cc2)cc1. The van der Waals surface area contributed by atoms with E-state index >= 15 is 0 Å². The molecule has 3 aliphatic rings. The highest BCUT2D eigenvalue weighted by molar-refractivity contribution is 6.22. The summed E-state index contributed by atoms with van der Waals surface area (Å²) in [6, 6.07) is 13.8. The fourth-order valence-corrected chi connectivity index (χ4v) is 5.18. The van der Waals surface area contributed by atoms with Crippen LogP contribution in [0.5, 0.6) is 5.75 Å². The van der Waals surface area contributed by atoms with Gasteiger partial charge in [0, 0.05) is 0 Å². The molecule has 28 heavy (non-hydrogen) atoms. The highest BCUT2D eigenvalue weighted by atomic mass is 16.5. The zero-order valence-corrected chi connectivity index (χ0v) is 15.6. The van der Waals surface area contributed by atoms with Crippen LogP contribution in [-0.2, 0) is 9.59 Å². The first-order valence-corrected chi connectivity index (χ1v) is 9.79. The van der Waals surface area contributed by atoms with Gasteiger partial charge >= 0.3 is 5.97 Å². The molecule has 1 saturated heterocycles. The highest BCUT2D eigenvalue weighted by Crippen LogP contribution is 2.56. The van der Waals surface area contributed by atoms with Crippen LogP contribution in [0.1, 0.15) is 35.2 Å². The van der Waals surface area contributed by atoms with Crippen LogP contribution in [0, 0.1) is 30.6 Å². The molecule has 4 atom stereocenters. The van der Waals surface area contributed by atoms with Crippen molar-refractivity contribution < 1.29 is 19.1 Å². The van der Waals surface area contributed by atoms with E-state index in [1.165, 1.54) is 4.90 Å². The molecule has 0 radical (unpaired) electrons. The largest absolute Gasteiger partial charge is 0.423 e. The van der Waals surface area contributed by atoms with Crippen molar-refractivity contribution >= 4 is 23.5 Å². The van der Waals surface area contributed by atoms with Gasteiger partial charge in [-0.05, 0) is 74.4 Å². The quantitative estimate of drug-likeness (QED) is 0.466. The van der Waals surface area contributed by atoms with E-state index in [1.54, 1.807) is 36.4 Å². The highest BCUT2D eigenvalue weighted by Gasteiger charge is 2.61. The molecular weight excluding hydrogens is 354 g/mol. The summed E-state index contributed by atoms with van der Waals surface area (Å²) in [6.07, 6.45) is 3.13. The molecule has 0 spiro atoms. The number of hydrogen-bond acceptors (Lipinski definition) is 4. The molecule has 2 aromatic rings. The molecule has 2 aromatic carbocycles. The monoisotopic (exact) mass is 375 g/mol. The third-order valence-corrected chi connectivity index (χ3v) is 6.52. The van der Waals surface area contributed by atoms with Crippen molar-refractivity contribution in [1.82, 2.24) is 0 Å². The van der Waals surface area contributed by atoms with E-state index in [0.29, 0.717) is 28.8 Å². The Balaban J connectivity index is 1.34. The van der Waals surface area contributed by atoms with Crippen molar-refractivity contribution in [3.05, 3.63) is 59.7 Å². The van der Waals surface area contributed by atoms with Gasteiger partial charge in [-0.3, -0.25) is 14.5 Å². The molecule has 2 aliphatic carbocycles. The van der Waals surface area contributed by atoms with E-state index in [9.17, 15) is 14.4 Å². The molecule has 0 unspecified atom stereocenters. The summed E-state index contributed by atoms with van der Waals surface area (Å²) in [7, 11) is 0. The Morgan fingerprint density at radius 3 is 2.04 bits per heavy atom. The molecule has 0 N–H and O–H groups in total. The first kappa shape index (κ1) is 17.2. The van der Waals surface area contributed by atoms with Gasteiger partial charge in [-0.15, -0.1) is 0 Å². The van der Waals surface area contributed by atoms with Gasteiger partial charge in [0.05, 0.1) is 23.1 Å². The Labute approximate surface area is 163 Å². The topological polar surface area (TPSA) is 63.7 Å². The molecule has 1 heterocycles. The van der Waals surface area contributed by atoms with Crippen molar-refractivity contribution in [2.75, 3.05) is 4.90 Å². The predicted molar refractivity (Wildman–Crippen MR) is 103 cm³/mol. The normalized spacial score (nSPS) is 28.0. The maximum Gasteiger partial charge on any atom is 0.343 e. The molecule has 5 rings (SSSR count). The van der Waals surface area contributed by atoms with Crippen molar-refractivity contribution in [2.24, 2.45) is 23.7 Å². The number of hydrogen-bond donors (Lipinski definition) is 0. The second kappa shape index (κ2) is 6.30. The number of anilines is 1. The number of esters is 1. The molecule has 0 aromatic heterocycles. The van der Waals surface area contributed by atoms with Crippen LogP contribution in [0.3, 0.4) is 0 Å². The maximum atomic E-state index is 12.9. The second-order valence-corrected chi connectivity index (χ2v) is 8.15. The van der Waals surface area contributed by atoms with E-state index in [0.717, 1.165) is 24.8 Å². The average molecular weight is 375 g/mol. The number of imide groups is 1. The summed E-state index contributed by atoms with van der Waals surface area (Å²) in [6.45, 7) is 1.96. The number of carbonyl (C=O) groups is 3. The lowest BCUT2D eigenvalue weighted by atomic mass is 9.81. The average Bonchev–Trinajstić information content (AvgIpc) is 3.38. The number of aryl methyl sites for hydroxylation is 1. The minimum atomic E-state index is -0.468. The van der Waals surface area contributed by atoms with Gasteiger partial charge in [-0.25, -0.2) is 4.79 Å². The van der Waals surface area contributed by atoms with Gasteiger partial charge in [0.1, 0.15) is 5.75 Å². The molecule has 3 fully saturated rings. The van der Waals surface area contributed by atoms with Gasteiger partial charge < -0.3 is 4.74 Å². The van der Waals surface area contributed by atoms with Crippen molar-refractivity contribution in [1.29, 1.82) is 0 Å². The maximum absolute atomic E-state index is 12.9. The van der Waals surface area contributed by atoms with Crippen molar-refractivity contribution in [3.8, 4) is 5.75 Å². The summed E-state index contributed by atoms with van der Waals surface area (Å²) in [4.78, 5) is 39.4. The van der Waals surface area contributed by atoms with Crippen LogP contribution in [0.2, 0.25) is 0 Å². The molecule has 2 saturated carbocycles. The third-order valence-electron chi connectivity index (χ3n) is 6.52. The lowest BCUT2D eigenvalue weighted by molar-refractivity contribution is -0.123. The Kier molecular flexibility index (Phi) is 3.86. The van der Waals surface area contributed by atoms with E-state index in [4.69, 9.17) is 4.74 Å². The first-order chi connectivity index (χ1) is 13.5. The van der Waals surface area contributed by atoms with E-state index in [2.05, 4.69) is 0 Å². The number of ether oxygens (including phenoxy) is 1. The van der Waals surface area contributed by atoms with Crippen LogP contribution in [-0.4, -0.2) is 17.8 Å². The molecule has 1 aliphatic heterocycles. The summed E-state index contributed by atoms with van der Waals surface area (Å²) in [5, 5.41) is 0. The van der Waals surface area contributed by atoms with Gasteiger partial charge in [-0.2, -0.15) is 0 Å². The predicted octanol–water partition coefficient (Wildman–Crippen LogP) is 3.75. The summed E-state index contributed by atoms with van der Waals surface area (Å²) < 4.78 is 5.37. The fraction of sp³-hybridized carbons (Fsp3) is 0.348. The van der Waals surface area contributed by atoms with Crippen molar-refractivity contribution in [3.63, 3.8) is 0 Å². The summed E-state index contributed by atoms with van der Waals surface area (Å²) >= 11 is 0. The van der Waals surface area contributed by atoms with Crippen molar-refractivity contribution in [2.45, 2.75) is 26.2 Å². The van der Waals surface area contributed by atoms with Gasteiger partial charge in [0.25, 0.3) is 0 Å². The number of carbonyl (C=O) groups excluding carboxylic acids is 3. The first-order valence-electron chi connectivity index (χ1n) is 9.79. The van der Waals surface area contributed by atoms with E-state index in [1.807, 2.05) is 19.1 Å². The minimum absolute atomic E-state index is 0.0721. The number of rotatable bonds is 3. The van der Waals surface area contributed by atoms with Crippen LogP contribution >= 0.6 is 0 Å². The van der Waals surface area contributed by atoms with Crippen LogP contribution in [0.15, 0.2) is 48.5 Å². The number of amides is 2. The lowest BCUT2D eigenvalue weighted by Crippen LogP contribution is -2.32.